The van der Waals surface area contributed by atoms with Crippen molar-refractivity contribution in [1.82, 2.24) is 24.7 Å². The molecule has 5 heteroatoms. The normalized spacial score (nSPS) is 10.9. The Morgan fingerprint density at radius 1 is 0.857 bits per heavy atom. The molecule has 0 N–H and O–H groups in total. The highest BCUT2D eigenvalue weighted by Crippen LogP contribution is 2.27. The highest BCUT2D eigenvalue weighted by Gasteiger charge is 2.14. The van der Waals surface area contributed by atoms with E-state index in [4.69, 9.17) is 0 Å². The van der Waals surface area contributed by atoms with E-state index < -0.39 is 0 Å². The molecular weight excluding hydrogens is 262 g/mol. The summed E-state index contributed by atoms with van der Waals surface area (Å²) in [6.07, 6.45) is 5.06. The standard InChI is InChI=1S/C16H11N5/c1-2-6-12(7-3-1)15-13-10-17-11-19-16(13)21(20-15)14-8-4-5-9-18-14/h1-11H. The number of hydrogen-bond donors (Lipinski definition) is 0. The predicted octanol–water partition coefficient (Wildman–Crippen LogP) is 2.88. The van der Waals surface area contributed by atoms with E-state index in [0.717, 1.165) is 28.1 Å². The van der Waals surface area contributed by atoms with Gasteiger partial charge in [-0.05, 0) is 12.1 Å². The van der Waals surface area contributed by atoms with Crippen molar-refractivity contribution in [3.63, 3.8) is 0 Å². The van der Waals surface area contributed by atoms with Crippen LogP contribution in [0.1, 0.15) is 0 Å². The van der Waals surface area contributed by atoms with Gasteiger partial charge in [0.25, 0.3) is 0 Å². The third-order valence-corrected chi connectivity index (χ3v) is 3.26. The van der Waals surface area contributed by atoms with E-state index in [0.29, 0.717) is 0 Å². The Hall–Kier alpha value is -3.08. The Morgan fingerprint density at radius 2 is 1.71 bits per heavy atom. The van der Waals surface area contributed by atoms with Crippen molar-refractivity contribution in [3.8, 4) is 17.1 Å². The molecule has 0 aliphatic carbocycles. The maximum Gasteiger partial charge on any atom is 0.168 e. The Kier molecular flexibility index (Phi) is 2.67. The van der Waals surface area contributed by atoms with Gasteiger partial charge in [-0.2, -0.15) is 9.78 Å². The summed E-state index contributed by atoms with van der Waals surface area (Å²) < 4.78 is 1.75. The quantitative estimate of drug-likeness (QED) is 0.563. The molecule has 0 amide bonds. The van der Waals surface area contributed by atoms with Crippen molar-refractivity contribution in [3.05, 3.63) is 67.3 Å². The smallest absolute Gasteiger partial charge is 0.168 e. The molecule has 0 aliphatic heterocycles. The predicted molar refractivity (Wildman–Crippen MR) is 79.9 cm³/mol. The van der Waals surface area contributed by atoms with Crippen LogP contribution in [0.3, 0.4) is 0 Å². The Bertz CT molecular complexity index is 811. The summed E-state index contributed by atoms with van der Waals surface area (Å²) in [5.74, 6) is 0.739. The maximum atomic E-state index is 4.68. The average molecular weight is 273 g/mol. The van der Waals surface area contributed by atoms with E-state index in [1.807, 2.05) is 48.5 Å². The zero-order chi connectivity index (χ0) is 14.1. The van der Waals surface area contributed by atoms with Gasteiger partial charge in [-0.25, -0.2) is 15.0 Å². The highest BCUT2D eigenvalue weighted by atomic mass is 15.3. The van der Waals surface area contributed by atoms with Crippen molar-refractivity contribution in [2.24, 2.45) is 0 Å². The lowest BCUT2D eigenvalue weighted by molar-refractivity contribution is 0.865. The molecule has 3 aromatic heterocycles. The molecule has 0 saturated carbocycles. The summed E-state index contributed by atoms with van der Waals surface area (Å²) in [7, 11) is 0. The molecule has 0 unspecified atom stereocenters. The van der Waals surface area contributed by atoms with Gasteiger partial charge in [0, 0.05) is 18.0 Å². The topological polar surface area (TPSA) is 56.5 Å². The van der Waals surface area contributed by atoms with E-state index >= 15 is 0 Å². The molecule has 0 fully saturated rings. The van der Waals surface area contributed by atoms with Crippen LogP contribution in [0.4, 0.5) is 0 Å². The molecule has 4 rings (SSSR count). The molecule has 4 aromatic rings. The molecule has 0 radical (unpaired) electrons. The van der Waals surface area contributed by atoms with Crippen LogP contribution in [0.2, 0.25) is 0 Å². The Labute approximate surface area is 120 Å². The fourth-order valence-corrected chi connectivity index (χ4v) is 2.31. The number of aromatic nitrogens is 5. The molecule has 0 aliphatic rings. The number of pyridine rings is 1. The second-order valence-electron chi connectivity index (χ2n) is 4.57. The number of fused-ring (bicyclic) bond motifs is 1. The number of benzene rings is 1. The molecule has 100 valence electrons. The van der Waals surface area contributed by atoms with Crippen molar-refractivity contribution < 1.29 is 0 Å². The largest absolute Gasteiger partial charge is 0.244 e. The van der Waals surface area contributed by atoms with Crippen molar-refractivity contribution in [2.75, 3.05) is 0 Å². The van der Waals surface area contributed by atoms with Crippen LogP contribution in [-0.2, 0) is 0 Å². The summed E-state index contributed by atoms with van der Waals surface area (Å²) in [5, 5.41) is 5.59. The summed E-state index contributed by atoms with van der Waals surface area (Å²) in [6.45, 7) is 0. The van der Waals surface area contributed by atoms with Gasteiger partial charge in [0.05, 0.1) is 5.39 Å². The number of rotatable bonds is 2. The van der Waals surface area contributed by atoms with Crippen molar-refractivity contribution in [1.29, 1.82) is 0 Å². The first-order chi connectivity index (χ1) is 10.4. The summed E-state index contributed by atoms with van der Waals surface area (Å²) in [5.41, 5.74) is 2.64. The SMILES string of the molecule is c1ccc(-c2nn(-c3ccccn3)c3ncncc23)cc1. The minimum absolute atomic E-state index is 0.739. The lowest BCUT2D eigenvalue weighted by atomic mass is 10.1. The summed E-state index contributed by atoms with van der Waals surface area (Å²) in [4.78, 5) is 12.8. The minimum atomic E-state index is 0.739. The Morgan fingerprint density at radius 3 is 2.52 bits per heavy atom. The van der Waals surface area contributed by atoms with Gasteiger partial charge in [0.15, 0.2) is 11.5 Å². The van der Waals surface area contributed by atoms with Crippen LogP contribution in [0.15, 0.2) is 67.3 Å². The first-order valence-corrected chi connectivity index (χ1v) is 6.59. The lowest BCUT2D eigenvalue weighted by Gasteiger charge is -1.99. The van der Waals surface area contributed by atoms with Crippen LogP contribution in [0.5, 0.6) is 0 Å². The minimum Gasteiger partial charge on any atom is -0.244 e. The Balaban J connectivity index is 2.02. The van der Waals surface area contributed by atoms with Crippen molar-refractivity contribution in [2.45, 2.75) is 0 Å². The molecule has 3 heterocycles. The maximum absolute atomic E-state index is 4.68. The molecular formula is C16H11N5. The van der Waals surface area contributed by atoms with E-state index in [1.165, 1.54) is 6.33 Å². The second kappa shape index (κ2) is 4.79. The molecule has 0 saturated heterocycles. The van der Waals surface area contributed by atoms with E-state index in [1.54, 1.807) is 17.1 Å². The van der Waals surface area contributed by atoms with Gasteiger partial charge < -0.3 is 0 Å². The van der Waals surface area contributed by atoms with Crippen LogP contribution in [-0.4, -0.2) is 24.7 Å². The zero-order valence-electron chi connectivity index (χ0n) is 11.1. The van der Waals surface area contributed by atoms with Gasteiger partial charge in [-0.1, -0.05) is 36.4 Å². The molecule has 5 nitrogen and oxygen atoms in total. The highest BCUT2D eigenvalue weighted by molar-refractivity contribution is 5.91. The monoisotopic (exact) mass is 273 g/mol. The third-order valence-electron chi connectivity index (χ3n) is 3.26. The molecule has 0 atom stereocenters. The average Bonchev–Trinajstić information content (AvgIpc) is 2.96. The second-order valence-corrected chi connectivity index (χ2v) is 4.57. The van der Waals surface area contributed by atoms with E-state index in [-0.39, 0.29) is 0 Å². The van der Waals surface area contributed by atoms with E-state index in [2.05, 4.69) is 20.1 Å². The fourth-order valence-electron chi connectivity index (χ4n) is 2.31. The van der Waals surface area contributed by atoms with Crippen LogP contribution in [0.25, 0.3) is 28.1 Å². The first-order valence-electron chi connectivity index (χ1n) is 6.59. The van der Waals surface area contributed by atoms with Crippen LogP contribution < -0.4 is 0 Å². The molecule has 0 spiro atoms. The van der Waals surface area contributed by atoms with E-state index in [9.17, 15) is 0 Å². The molecule has 1 aromatic carbocycles. The summed E-state index contributed by atoms with van der Waals surface area (Å²) >= 11 is 0. The van der Waals surface area contributed by atoms with Crippen LogP contribution in [0, 0.1) is 0 Å². The zero-order valence-corrected chi connectivity index (χ0v) is 11.1. The number of hydrogen-bond acceptors (Lipinski definition) is 4. The first kappa shape index (κ1) is 11.7. The third kappa shape index (κ3) is 1.95. The van der Waals surface area contributed by atoms with Gasteiger partial charge in [-0.3, -0.25) is 0 Å². The lowest BCUT2D eigenvalue weighted by Crippen LogP contribution is -1.99. The fraction of sp³-hybridized carbons (Fsp3) is 0. The van der Waals surface area contributed by atoms with Gasteiger partial charge in [-0.15, -0.1) is 0 Å². The van der Waals surface area contributed by atoms with Gasteiger partial charge in [0.2, 0.25) is 0 Å². The van der Waals surface area contributed by atoms with Crippen molar-refractivity contribution >= 4 is 11.0 Å². The van der Waals surface area contributed by atoms with Gasteiger partial charge >= 0.3 is 0 Å². The number of nitrogens with zero attached hydrogens (tertiary/aromatic N) is 5. The van der Waals surface area contributed by atoms with Gasteiger partial charge in [0.1, 0.15) is 12.0 Å². The molecule has 0 bridgehead atoms. The summed E-state index contributed by atoms with van der Waals surface area (Å²) in [6, 6.07) is 15.7. The van der Waals surface area contributed by atoms with Crippen LogP contribution >= 0.6 is 0 Å². The molecule has 21 heavy (non-hydrogen) atoms.